The molecule has 1 atom stereocenters. The molecular formula is C16H23N3O6. The Bertz CT molecular complexity index is 633. The first-order chi connectivity index (χ1) is 12.0. The Morgan fingerprint density at radius 2 is 2.08 bits per heavy atom. The second-order valence-electron chi connectivity index (χ2n) is 5.77. The third-order valence-corrected chi connectivity index (χ3v) is 4.03. The molecule has 1 aromatic rings. The van der Waals surface area contributed by atoms with Crippen molar-refractivity contribution in [3.8, 4) is 11.5 Å². The Balaban J connectivity index is 2.28. The van der Waals surface area contributed by atoms with Crippen LogP contribution >= 0.6 is 0 Å². The van der Waals surface area contributed by atoms with Crippen LogP contribution < -0.4 is 20.5 Å². The lowest BCUT2D eigenvalue weighted by atomic mass is 10.1. The van der Waals surface area contributed by atoms with Gasteiger partial charge in [-0.1, -0.05) is 0 Å². The average Bonchev–Trinajstić information content (AvgIpc) is 3.44. The monoisotopic (exact) mass is 353 g/mol. The van der Waals surface area contributed by atoms with E-state index in [-0.39, 0.29) is 35.4 Å². The van der Waals surface area contributed by atoms with Crippen molar-refractivity contribution in [2.75, 3.05) is 34.0 Å². The summed E-state index contributed by atoms with van der Waals surface area (Å²) >= 11 is 0. The molecule has 9 nitrogen and oxygen atoms in total. The lowest BCUT2D eigenvalue weighted by Gasteiger charge is -2.17. The van der Waals surface area contributed by atoms with Gasteiger partial charge in [-0.15, -0.1) is 0 Å². The van der Waals surface area contributed by atoms with Gasteiger partial charge in [0, 0.05) is 25.8 Å². The van der Waals surface area contributed by atoms with E-state index in [1.807, 2.05) is 0 Å². The largest absolute Gasteiger partial charge is 0.493 e. The van der Waals surface area contributed by atoms with Gasteiger partial charge in [0.05, 0.1) is 24.7 Å². The fraction of sp³-hybridized carbons (Fsp3) is 0.562. The van der Waals surface area contributed by atoms with Crippen LogP contribution in [0.25, 0.3) is 0 Å². The summed E-state index contributed by atoms with van der Waals surface area (Å²) in [5.74, 6) is 0.213. The van der Waals surface area contributed by atoms with Gasteiger partial charge in [0.25, 0.3) is 11.6 Å². The Hall–Kier alpha value is -2.39. The molecular weight excluding hydrogens is 330 g/mol. The molecule has 9 heteroatoms. The third-order valence-electron chi connectivity index (χ3n) is 4.03. The van der Waals surface area contributed by atoms with E-state index in [0.717, 1.165) is 12.8 Å². The van der Waals surface area contributed by atoms with E-state index in [0.29, 0.717) is 19.1 Å². The van der Waals surface area contributed by atoms with Crippen LogP contribution in [0.3, 0.4) is 0 Å². The number of benzene rings is 1. The molecule has 1 aliphatic rings. The van der Waals surface area contributed by atoms with Crippen molar-refractivity contribution >= 4 is 11.6 Å². The number of methoxy groups -OCH3 is 2. The molecule has 0 saturated heterocycles. The van der Waals surface area contributed by atoms with Crippen molar-refractivity contribution in [3.63, 3.8) is 0 Å². The topological polar surface area (TPSA) is 126 Å². The van der Waals surface area contributed by atoms with Gasteiger partial charge in [0.15, 0.2) is 11.5 Å². The second-order valence-corrected chi connectivity index (χ2v) is 5.77. The molecule has 1 aliphatic carbocycles. The highest BCUT2D eigenvalue weighted by Gasteiger charge is 2.33. The number of amides is 1. The van der Waals surface area contributed by atoms with Crippen LogP contribution in [0.1, 0.15) is 23.2 Å². The molecule has 1 amide bonds. The second kappa shape index (κ2) is 8.63. The first-order valence-corrected chi connectivity index (χ1v) is 8.00. The van der Waals surface area contributed by atoms with Gasteiger partial charge in [0.1, 0.15) is 12.2 Å². The zero-order valence-electron chi connectivity index (χ0n) is 14.3. The molecule has 0 heterocycles. The van der Waals surface area contributed by atoms with Gasteiger partial charge < -0.3 is 25.3 Å². The summed E-state index contributed by atoms with van der Waals surface area (Å²) in [4.78, 5) is 23.3. The lowest BCUT2D eigenvalue weighted by Crippen LogP contribution is -2.41. The minimum Gasteiger partial charge on any atom is -0.493 e. The lowest BCUT2D eigenvalue weighted by molar-refractivity contribution is -0.385. The number of nitrogens with zero attached hydrogens (tertiary/aromatic N) is 1. The quantitative estimate of drug-likeness (QED) is 0.366. The number of carbonyl (C=O) groups excluding carboxylic acids is 1. The van der Waals surface area contributed by atoms with E-state index in [4.69, 9.17) is 19.9 Å². The van der Waals surface area contributed by atoms with Crippen molar-refractivity contribution in [2.45, 2.75) is 18.9 Å². The van der Waals surface area contributed by atoms with Gasteiger partial charge >= 0.3 is 0 Å². The Labute approximate surface area is 145 Å². The Morgan fingerprint density at radius 1 is 1.36 bits per heavy atom. The third kappa shape index (κ3) is 4.80. The first kappa shape index (κ1) is 18.9. The minimum absolute atomic E-state index is 0.0833. The molecule has 1 saturated carbocycles. The zero-order chi connectivity index (χ0) is 18.4. The van der Waals surface area contributed by atoms with Gasteiger partial charge in [-0.2, -0.15) is 0 Å². The van der Waals surface area contributed by atoms with E-state index in [1.165, 1.54) is 26.4 Å². The van der Waals surface area contributed by atoms with E-state index < -0.39 is 10.8 Å². The number of ether oxygens (including phenoxy) is 3. The molecule has 0 spiro atoms. The number of rotatable bonds is 10. The summed E-state index contributed by atoms with van der Waals surface area (Å²) in [6.07, 6.45) is 2.00. The standard InChI is InChI=1S/C16H23N3O6/c1-23-5-6-25-15-8-13(19(21)22)11(7-14(15)24-2)16(20)18-12(9-17)10-3-4-10/h7-8,10,12H,3-6,9,17H2,1-2H3,(H,18,20). The summed E-state index contributed by atoms with van der Waals surface area (Å²) < 4.78 is 15.5. The maximum atomic E-state index is 12.5. The molecule has 0 aliphatic heterocycles. The van der Waals surface area contributed by atoms with Crippen molar-refractivity contribution < 1.29 is 23.9 Å². The molecule has 0 aromatic heterocycles. The number of nitro groups is 1. The molecule has 2 rings (SSSR count). The van der Waals surface area contributed by atoms with E-state index in [2.05, 4.69) is 5.32 Å². The predicted octanol–water partition coefficient (Wildman–Crippen LogP) is 1.10. The van der Waals surface area contributed by atoms with Crippen LogP contribution in [-0.2, 0) is 4.74 Å². The molecule has 0 radical (unpaired) electrons. The van der Waals surface area contributed by atoms with Crippen LogP contribution in [0, 0.1) is 16.0 Å². The van der Waals surface area contributed by atoms with Crippen molar-refractivity contribution in [2.24, 2.45) is 11.7 Å². The molecule has 1 fully saturated rings. The van der Waals surface area contributed by atoms with Gasteiger partial charge in [-0.05, 0) is 18.8 Å². The highest BCUT2D eigenvalue weighted by atomic mass is 16.6. The smallest absolute Gasteiger partial charge is 0.286 e. The highest BCUT2D eigenvalue weighted by molar-refractivity contribution is 5.99. The Morgan fingerprint density at radius 3 is 2.60 bits per heavy atom. The van der Waals surface area contributed by atoms with Crippen LogP contribution in [0.2, 0.25) is 0 Å². The van der Waals surface area contributed by atoms with Crippen molar-refractivity contribution in [3.05, 3.63) is 27.8 Å². The average molecular weight is 353 g/mol. The number of hydrogen-bond acceptors (Lipinski definition) is 7. The summed E-state index contributed by atoms with van der Waals surface area (Å²) in [5.41, 5.74) is 5.25. The van der Waals surface area contributed by atoms with E-state index in [1.54, 1.807) is 0 Å². The molecule has 25 heavy (non-hydrogen) atoms. The predicted molar refractivity (Wildman–Crippen MR) is 90.1 cm³/mol. The molecule has 0 bridgehead atoms. The van der Waals surface area contributed by atoms with E-state index in [9.17, 15) is 14.9 Å². The van der Waals surface area contributed by atoms with Crippen molar-refractivity contribution in [1.82, 2.24) is 5.32 Å². The SMILES string of the molecule is COCCOc1cc([N+](=O)[O-])c(C(=O)NC(CN)C2CC2)cc1OC. The van der Waals surface area contributed by atoms with E-state index >= 15 is 0 Å². The first-order valence-electron chi connectivity index (χ1n) is 8.00. The van der Waals surface area contributed by atoms with Gasteiger partial charge in [-0.3, -0.25) is 14.9 Å². The van der Waals surface area contributed by atoms with Crippen LogP contribution in [0.5, 0.6) is 11.5 Å². The highest BCUT2D eigenvalue weighted by Crippen LogP contribution is 2.36. The molecule has 138 valence electrons. The summed E-state index contributed by atoms with van der Waals surface area (Å²) in [6, 6.07) is 2.32. The van der Waals surface area contributed by atoms with Crippen molar-refractivity contribution in [1.29, 1.82) is 0 Å². The normalized spacial score (nSPS) is 14.7. The summed E-state index contributed by atoms with van der Waals surface area (Å²) in [5, 5.41) is 14.2. The molecule has 1 aromatic carbocycles. The molecule has 1 unspecified atom stereocenters. The van der Waals surface area contributed by atoms with Crippen LogP contribution in [0.4, 0.5) is 5.69 Å². The number of nitro benzene ring substituents is 1. The fourth-order valence-electron chi connectivity index (χ4n) is 2.50. The maximum Gasteiger partial charge on any atom is 0.286 e. The maximum absolute atomic E-state index is 12.5. The van der Waals surface area contributed by atoms with Gasteiger partial charge in [0.2, 0.25) is 0 Å². The number of hydrogen-bond donors (Lipinski definition) is 2. The summed E-state index contributed by atoms with van der Waals surface area (Å²) in [6.45, 7) is 0.810. The number of nitrogens with two attached hydrogens (primary N) is 1. The summed E-state index contributed by atoms with van der Waals surface area (Å²) in [7, 11) is 2.92. The minimum atomic E-state index is -0.619. The fourth-order valence-corrected chi connectivity index (χ4v) is 2.50. The van der Waals surface area contributed by atoms with Gasteiger partial charge in [-0.25, -0.2) is 0 Å². The zero-order valence-corrected chi connectivity index (χ0v) is 14.3. The van der Waals surface area contributed by atoms with Crippen LogP contribution in [-0.4, -0.2) is 50.9 Å². The van der Waals surface area contributed by atoms with Crippen LogP contribution in [0.15, 0.2) is 12.1 Å². The Kier molecular flexibility index (Phi) is 6.54. The number of carbonyl (C=O) groups is 1. The number of nitrogens with one attached hydrogen (secondary N) is 1. The molecule has 3 N–H and O–H groups in total.